The van der Waals surface area contributed by atoms with Crippen LogP contribution in [0.4, 0.5) is 10.5 Å². The molecule has 1 atom stereocenters. The molecule has 3 heterocycles. The van der Waals surface area contributed by atoms with E-state index in [2.05, 4.69) is 15.4 Å². The Morgan fingerprint density at radius 2 is 2.33 bits per heavy atom. The summed E-state index contributed by atoms with van der Waals surface area (Å²) in [5, 5.41) is 21.5. The van der Waals surface area contributed by atoms with Crippen LogP contribution in [-0.2, 0) is 18.3 Å². The Labute approximate surface area is 136 Å². The average molecular weight is 323 g/mol. The Hall–Kier alpha value is -3.41. The van der Waals surface area contributed by atoms with Gasteiger partial charge in [-0.3, -0.25) is 9.58 Å². The molecule has 0 N–H and O–H groups in total. The van der Waals surface area contributed by atoms with E-state index >= 15 is 0 Å². The number of aromatic nitrogens is 5. The molecule has 4 rings (SSSR count). The van der Waals surface area contributed by atoms with Crippen LogP contribution in [-0.4, -0.2) is 43.5 Å². The number of nitrogens with zero attached hydrogens (tertiary/aromatic N) is 7. The van der Waals surface area contributed by atoms with Gasteiger partial charge in [-0.15, -0.1) is 5.10 Å². The maximum atomic E-state index is 12.2. The second kappa shape index (κ2) is 5.34. The molecule has 1 amide bonds. The number of amides is 1. The minimum Gasteiger partial charge on any atom is -0.442 e. The number of carbonyl (C=O) groups is 1. The molecule has 0 bridgehead atoms. The summed E-state index contributed by atoms with van der Waals surface area (Å²) in [5.74, 6) is 0. The zero-order chi connectivity index (χ0) is 16.7. The van der Waals surface area contributed by atoms with E-state index < -0.39 is 6.09 Å². The second-order valence-corrected chi connectivity index (χ2v) is 5.57. The zero-order valence-corrected chi connectivity index (χ0v) is 12.8. The molecule has 2 aromatic heterocycles. The van der Waals surface area contributed by atoms with Gasteiger partial charge in [0.05, 0.1) is 31.0 Å². The summed E-state index contributed by atoms with van der Waals surface area (Å²) < 4.78 is 8.67. The average Bonchev–Trinajstić information content (AvgIpc) is 3.27. The van der Waals surface area contributed by atoms with E-state index in [9.17, 15) is 4.79 Å². The maximum Gasteiger partial charge on any atom is 0.414 e. The number of hydrogen-bond acceptors (Lipinski definition) is 6. The SMILES string of the molecule is Cn1ncc2cc(N3CC(Cn4cc(C#N)nn4)OC3=O)ccc21. The number of cyclic esters (lactones) is 1. The van der Waals surface area contributed by atoms with Gasteiger partial charge in [-0.05, 0) is 18.2 Å². The van der Waals surface area contributed by atoms with Gasteiger partial charge in [-0.25, -0.2) is 9.48 Å². The highest BCUT2D eigenvalue weighted by Crippen LogP contribution is 2.26. The molecule has 9 nitrogen and oxygen atoms in total. The number of fused-ring (bicyclic) bond motifs is 1. The van der Waals surface area contributed by atoms with Crippen molar-refractivity contribution in [3.05, 3.63) is 36.3 Å². The topological polar surface area (TPSA) is 102 Å². The summed E-state index contributed by atoms with van der Waals surface area (Å²) in [7, 11) is 1.87. The van der Waals surface area contributed by atoms with Crippen LogP contribution in [0.1, 0.15) is 5.69 Å². The van der Waals surface area contributed by atoms with Crippen LogP contribution in [0.5, 0.6) is 0 Å². The van der Waals surface area contributed by atoms with Gasteiger partial charge in [0.2, 0.25) is 0 Å². The van der Waals surface area contributed by atoms with Crippen LogP contribution in [0.2, 0.25) is 0 Å². The summed E-state index contributed by atoms with van der Waals surface area (Å²) in [6.07, 6.45) is 2.54. The molecule has 0 spiro atoms. The predicted octanol–water partition coefficient (Wildman–Crippen LogP) is 1.06. The molecule has 3 aromatic rings. The van der Waals surface area contributed by atoms with Crippen LogP contribution in [0, 0.1) is 11.3 Å². The molecule has 0 radical (unpaired) electrons. The largest absolute Gasteiger partial charge is 0.442 e. The summed E-state index contributed by atoms with van der Waals surface area (Å²) in [5.41, 5.74) is 1.99. The molecule has 9 heteroatoms. The van der Waals surface area contributed by atoms with Crippen LogP contribution in [0.25, 0.3) is 10.9 Å². The molecular weight excluding hydrogens is 310 g/mol. The van der Waals surface area contributed by atoms with Gasteiger partial charge in [0.1, 0.15) is 12.2 Å². The van der Waals surface area contributed by atoms with Crippen molar-refractivity contribution in [1.29, 1.82) is 5.26 Å². The molecule has 24 heavy (non-hydrogen) atoms. The first-order valence-electron chi connectivity index (χ1n) is 7.34. The van der Waals surface area contributed by atoms with Gasteiger partial charge in [0, 0.05) is 18.1 Å². The number of aryl methyl sites for hydroxylation is 1. The number of ether oxygens (including phenoxy) is 1. The lowest BCUT2D eigenvalue weighted by molar-refractivity contribution is 0.129. The molecular formula is C15H13N7O2. The van der Waals surface area contributed by atoms with Crippen LogP contribution >= 0.6 is 0 Å². The molecule has 0 aliphatic carbocycles. The minimum absolute atomic E-state index is 0.234. The summed E-state index contributed by atoms with van der Waals surface area (Å²) in [6, 6.07) is 7.62. The van der Waals surface area contributed by atoms with E-state index in [1.165, 1.54) is 10.9 Å². The molecule has 1 fully saturated rings. The van der Waals surface area contributed by atoms with Crippen LogP contribution in [0.3, 0.4) is 0 Å². The number of nitriles is 1. The Balaban J connectivity index is 1.53. The first-order chi connectivity index (χ1) is 11.6. The third-order valence-electron chi connectivity index (χ3n) is 3.96. The molecule has 1 aromatic carbocycles. The summed E-state index contributed by atoms with van der Waals surface area (Å²) >= 11 is 0. The molecule has 1 aliphatic rings. The minimum atomic E-state index is -0.399. The van der Waals surface area contributed by atoms with Gasteiger partial charge >= 0.3 is 6.09 Å². The quantitative estimate of drug-likeness (QED) is 0.714. The Kier molecular flexibility index (Phi) is 3.16. The van der Waals surface area contributed by atoms with Crippen LogP contribution in [0.15, 0.2) is 30.6 Å². The highest BCUT2D eigenvalue weighted by atomic mass is 16.6. The normalized spacial score (nSPS) is 17.2. The van der Waals surface area contributed by atoms with E-state index in [-0.39, 0.29) is 11.8 Å². The number of hydrogen-bond donors (Lipinski definition) is 0. The summed E-state index contributed by atoms with van der Waals surface area (Å²) in [4.78, 5) is 13.7. The maximum absolute atomic E-state index is 12.2. The van der Waals surface area contributed by atoms with Crippen molar-refractivity contribution in [2.75, 3.05) is 11.4 Å². The first kappa shape index (κ1) is 14.2. The van der Waals surface area contributed by atoms with Gasteiger partial charge in [0.25, 0.3) is 0 Å². The van der Waals surface area contributed by atoms with Crippen molar-refractivity contribution in [3.63, 3.8) is 0 Å². The van der Waals surface area contributed by atoms with E-state index in [0.29, 0.717) is 13.1 Å². The van der Waals surface area contributed by atoms with Crippen LogP contribution < -0.4 is 4.90 Å². The van der Waals surface area contributed by atoms with Crippen molar-refractivity contribution in [3.8, 4) is 6.07 Å². The van der Waals surface area contributed by atoms with Crippen molar-refractivity contribution in [2.24, 2.45) is 7.05 Å². The highest BCUT2D eigenvalue weighted by molar-refractivity contribution is 5.93. The monoisotopic (exact) mass is 323 g/mol. The van der Waals surface area contributed by atoms with E-state index in [1.54, 1.807) is 15.8 Å². The van der Waals surface area contributed by atoms with Crippen molar-refractivity contribution in [1.82, 2.24) is 24.8 Å². The van der Waals surface area contributed by atoms with Gasteiger partial charge < -0.3 is 4.74 Å². The van der Waals surface area contributed by atoms with E-state index in [4.69, 9.17) is 10.00 Å². The first-order valence-corrected chi connectivity index (χ1v) is 7.34. The highest BCUT2D eigenvalue weighted by Gasteiger charge is 2.33. The van der Waals surface area contributed by atoms with Crippen molar-refractivity contribution < 1.29 is 9.53 Å². The fourth-order valence-electron chi connectivity index (χ4n) is 2.79. The van der Waals surface area contributed by atoms with E-state index in [0.717, 1.165) is 16.6 Å². The molecule has 0 saturated carbocycles. The van der Waals surface area contributed by atoms with Gasteiger partial charge in [0.15, 0.2) is 5.69 Å². The second-order valence-electron chi connectivity index (χ2n) is 5.57. The van der Waals surface area contributed by atoms with Crippen molar-refractivity contribution in [2.45, 2.75) is 12.6 Å². The Bertz CT molecular complexity index is 968. The lowest BCUT2D eigenvalue weighted by Crippen LogP contribution is -2.26. The third kappa shape index (κ3) is 2.34. The number of anilines is 1. The van der Waals surface area contributed by atoms with Gasteiger partial charge in [-0.1, -0.05) is 5.21 Å². The lowest BCUT2D eigenvalue weighted by Gasteiger charge is -2.13. The number of rotatable bonds is 3. The Morgan fingerprint density at radius 1 is 1.46 bits per heavy atom. The van der Waals surface area contributed by atoms with Crippen molar-refractivity contribution >= 4 is 22.7 Å². The standard InChI is InChI=1S/C15H13N7O2/c1-20-14-3-2-12(4-10(14)6-17-20)22-9-13(24-15(22)23)8-21-7-11(5-16)18-19-21/h2-4,6-7,13H,8-9H2,1H3. The molecule has 1 unspecified atom stereocenters. The molecule has 1 aliphatic heterocycles. The smallest absolute Gasteiger partial charge is 0.414 e. The zero-order valence-electron chi connectivity index (χ0n) is 12.8. The Morgan fingerprint density at radius 3 is 3.12 bits per heavy atom. The molecule has 1 saturated heterocycles. The van der Waals surface area contributed by atoms with Gasteiger partial charge in [-0.2, -0.15) is 10.4 Å². The number of carbonyl (C=O) groups excluding carboxylic acids is 1. The number of benzene rings is 1. The summed E-state index contributed by atoms with van der Waals surface area (Å²) in [6.45, 7) is 0.762. The predicted molar refractivity (Wildman–Crippen MR) is 83.1 cm³/mol. The third-order valence-corrected chi connectivity index (χ3v) is 3.96. The lowest BCUT2D eigenvalue weighted by atomic mass is 10.2. The fraction of sp³-hybridized carbons (Fsp3) is 0.267. The molecule has 120 valence electrons. The fourth-order valence-corrected chi connectivity index (χ4v) is 2.79. The van der Waals surface area contributed by atoms with E-state index in [1.807, 2.05) is 31.3 Å².